The first-order valence-corrected chi connectivity index (χ1v) is 39.8. The maximum Gasteiger partial charge on any atom is 0.577 e. The van der Waals surface area contributed by atoms with Gasteiger partial charge in [-0.25, -0.2) is 97.0 Å². The monoisotopic (exact) mass is 1740 g/mol. The average Bonchev–Trinajstić information content (AvgIpc) is 1.57. The SMILES string of the molecule is CC(C)(C)C1(OOOC(=O)OOOC2(C(C)(C)C)CCCCC2)CCCCC1.CCCCC(CC)COC(=O)OOOOC(C)(C)C.CCCCC(CC)COC(=O)OOOOC(C)(C)CC.CCCCC(CC)COOOC(=O)OOOC(C)(C)C.O=C(F)OOOC(=O)OC(F)(F)F.O=C1OOC(=O)C12CC2.O=C1OOC(=O)C12CCC2. The molecule has 0 radical (unpaired) electrons. The third kappa shape index (κ3) is 48.9. The second-order valence-corrected chi connectivity index (χ2v) is 32.8. The van der Waals surface area contributed by atoms with E-state index in [1.807, 2.05) is 20.8 Å². The molecule has 44 heteroatoms. The molecule has 2 spiro atoms. The Balaban J connectivity index is 0.00000140. The van der Waals surface area contributed by atoms with Gasteiger partial charge in [-0.05, 0) is 198 Å². The van der Waals surface area contributed by atoms with Gasteiger partial charge in [0.25, 0.3) is 0 Å². The summed E-state index contributed by atoms with van der Waals surface area (Å²) < 4.78 is 56.8. The van der Waals surface area contributed by atoms with Gasteiger partial charge in [-0.1, -0.05) is 186 Å². The summed E-state index contributed by atoms with van der Waals surface area (Å²) in [6.45, 7) is 42.1. The highest BCUT2D eigenvalue weighted by atomic mass is 19.4. The molecule has 2 saturated heterocycles. The Hall–Kier alpha value is -7.18. The molecule has 0 aromatic heterocycles. The zero-order valence-corrected chi connectivity index (χ0v) is 72.5. The smallest absolute Gasteiger partial charge is 0.432 e. The normalized spacial score (nSPS) is 17.4. The van der Waals surface area contributed by atoms with Crippen molar-refractivity contribution in [2.45, 2.75) is 360 Å². The van der Waals surface area contributed by atoms with Crippen molar-refractivity contribution in [2.24, 2.45) is 39.4 Å². The van der Waals surface area contributed by atoms with Crippen molar-refractivity contribution in [3.05, 3.63) is 0 Å². The van der Waals surface area contributed by atoms with Crippen LogP contribution in [0.4, 0.5) is 46.3 Å². The first-order chi connectivity index (χ1) is 55.6. The predicted octanol–water partition coefficient (Wildman–Crippen LogP) is 20.1. The van der Waals surface area contributed by atoms with E-state index < -0.39 is 106 Å². The van der Waals surface area contributed by atoms with Crippen LogP contribution >= 0.6 is 0 Å². The van der Waals surface area contributed by atoms with Crippen LogP contribution in [0.25, 0.3) is 0 Å². The second kappa shape index (κ2) is 57.2. The van der Waals surface area contributed by atoms with E-state index in [1.54, 1.807) is 41.5 Å². The predicted molar refractivity (Wildman–Crippen MR) is 389 cm³/mol. The second-order valence-electron chi connectivity index (χ2n) is 32.8. The molecule has 119 heavy (non-hydrogen) atoms. The number of hydrogen-bond donors (Lipinski definition) is 0. The maximum absolute atomic E-state index is 11.8. The molecule has 0 aromatic rings. The highest BCUT2D eigenvalue weighted by Gasteiger charge is 2.65. The van der Waals surface area contributed by atoms with Crippen LogP contribution in [-0.2, 0) is 167 Å². The largest absolute Gasteiger partial charge is 0.577 e. The van der Waals surface area contributed by atoms with Gasteiger partial charge in [0, 0.05) is 10.1 Å². The highest BCUT2D eigenvalue weighted by molar-refractivity contribution is 6.05. The van der Waals surface area contributed by atoms with E-state index in [1.165, 1.54) is 12.8 Å². The van der Waals surface area contributed by atoms with Crippen molar-refractivity contribution in [3.8, 4) is 0 Å². The maximum atomic E-state index is 11.8. The van der Waals surface area contributed by atoms with Crippen molar-refractivity contribution in [1.82, 2.24) is 0 Å². The standard InChI is InChI=1S/C21H38O7.C14H28O6.C13H26O7.C13H26O6.C6H6O4.C5H4O4.C3F4O6/c1-18(2,3)20(13-9-7-10-14-20)25-27-23-17(22)24-28-26-21(19(4,5)6)15-11-8-12-16-21;1-6-9-10-12(7-2)11-16-13(15)17-19-20-18-14(4,5)8-3;1-6-8-9-11(7-2)10-15-19-16-12(14)17-20-18-13(3,4)5;1-6-8-9-11(7-2)10-15-12(14)16-18-19-17-13(3,4)5;7-4-6(2-1-3-6)5(8)10-9-4;6-3-5(1-2-5)4(7)9-8-3;4-1(8)11-13-12-2(9)10-3(5,6)7/h7-16H2,1-6H3;12H,6-11H2,1-5H3;11H,6-10H2,1-5H3;11H,6-10H2,1-5H3;1-3H2;1-2H2;. The van der Waals surface area contributed by atoms with Crippen LogP contribution in [0.1, 0.15) is 325 Å². The molecule has 2 aliphatic heterocycles. The topological polar surface area (TPSA) is 448 Å². The lowest BCUT2D eigenvalue weighted by atomic mass is 9.68. The molecule has 0 aromatic carbocycles. The van der Waals surface area contributed by atoms with Crippen LogP contribution in [0.3, 0.4) is 0 Å². The molecule has 696 valence electrons. The minimum Gasteiger partial charge on any atom is -0.432 e. The van der Waals surface area contributed by atoms with Gasteiger partial charge in [-0.3, -0.25) is 0 Å². The molecule has 0 bridgehead atoms. The van der Waals surface area contributed by atoms with Crippen molar-refractivity contribution in [3.63, 3.8) is 0 Å². The molecule has 4 saturated carbocycles. The van der Waals surface area contributed by atoms with Gasteiger partial charge in [0.1, 0.15) is 16.8 Å². The molecule has 0 amide bonds. The van der Waals surface area contributed by atoms with Crippen LogP contribution in [0.15, 0.2) is 0 Å². The highest BCUT2D eigenvalue weighted by Crippen LogP contribution is 2.51. The van der Waals surface area contributed by atoms with Crippen molar-refractivity contribution >= 4 is 60.9 Å². The number of carbonyl (C=O) groups is 10. The molecule has 4 aliphatic carbocycles. The van der Waals surface area contributed by atoms with Crippen LogP contribution < -0.4 is 0 Å². The van der Waals surface area contributed by atoms with Crippen molar-refractivity contribution in [1.29, 1.82) is 0 Å². The molecule has 40 nitrogen and oxygen atoms in total. The lowest BCUT2D eigenvalue weighted by Crippen LogP contribution is -2.47. The van der Waals surface area contributed by atoms with Gasteiger partial charge in [0.05, 0.1) is 36.1 Å². The molecular weight excluding hydrogens is 1620 g/mol. The van der Waals surface area contributed by atoms with E-state index in [0.29, 0.717) is 63.3 Å². The summed E-state index contributed by atoms with van der Waals surface area (Å²) in [5.74, 6) is -1.000. The summed E-state index contributed by atoms with van der Waals surface area (Å²) in [6.07, 6.45) is 12.3. The fourth-order valence-corrected chi connectivity index (χ4v) is 10.5. The summed E-state index contributed by atoms with van der Waals surface area (Å²) in [4.78, 5) is 185. The Bertz CT molecular complexity index is 2810. The minimum absolute atomic E-state index is 0.152. The minimum atomic E-state index is -5.28. The lowest BCUT2D eigenvalue weighted by molar-refractivity contribution is -0.635. The van der Waals surface area contributed by atoms with Gasteiger partial charge in [-0.2, -0.15) is 38.9 Å². The average molecular weight is 1750 g/mol. The first-order valence-electron chi connectivity index (χ1n) is 39.8. The number of halogens is 4. The third-order valence-corrected chi connectivity index (χ3v) is 19.0. The third-order valence-electron chi connectivity index (χ3n) is 19.0. The van der Waals surface area contributed by atoms with E-state index in [-0.39, 0.29) is 10.8 Å². The molecule has 6 fully saturated rings. The summed E-state index contributed by atoms with van der Waals surface area (Å²) >= 11 is 0. The van der Waals surface area contributed by atoms with E-state index in [9.17, 15) is 65.5 Å². The number of hydrogen-bond acceptors (Lipinski definition) is 40. The van der Waals surface area contributed by atoms with E-state index >= 15 is 0 Å². The van der Waals surface area contributed by atoms with Crippen LogP contribution in [-0.4, -0.2) is 115 Å². The Kier molecular flexibility index (Phi) is 53.8. The quantitative estimate of drug-likeness (QED) is 0.00809. The molecule has 2 heterocycles. The molecule has 3 unspecified atom stereocenters. The molecular formula is C75H128F4O40. The van der Waals surface area contributed by atoms with Crippen LogP contribution in [0, 0.1) is 39.4 Å². The number of ether oxygens (including phenoxy) is 3. The summed E-state index contributed by atoms with van der Waals surface area (Å²) in [5.41, 5.74) is -4.73. The first kappa shape index (κ1) is 112. The van der Waals surface area contributed by atoms with Gasteiger partial charge in [-0.15, -0.1) is 17.6 Å². The Morgan fingerprint density at radius 1 is 0.370 bits per heavy atom. The molecule has 6 aliphatic rings. The van der Waals surface area contributed by atoms with Crippen molar-refractivity contribution < 1.29 is 213 Å². The van der Waals surface area contributed by atoms with Crippen LogP contribution in [0.5, 0.6) is 0 Å². The molecule has 6 rings (SSSR count). The van der Waals surface area contributed by atoms with E-state index in [2.05, 4.69) is 187 Å². The van der Waals surface area contributed by atoms with Gasteiger partial charge in [0.2, 0.25) is 0 Å². The lowest BCUT2D eigenvalue weighted by Gasteiger charge is -2.44. The zero-order valence-electron chi connectivity index (χ0n) is 72.5. The fraction of sp³-hybridized carbons (Fsp3) is 0.867. The van der Waals surface area contributed by atoms with E-state index in [0.717, 1.165) is 141 Å². The van der Waals surface area contributed by atoms with Gasteiger partial charge in [0.15, 0.2) is 10.8 Å². The number of unbranched alkanes of at least 4 members (excludes halogenated alkanes) is 3. The summed E-state index contributed by atoms with van der Waals surface area (Å²) in [5, 5.41) is 37.8. The van der Waals surface area contributed by atoms with Gasteiger partial charge < -0.3 is 14.2 Å². The summed E-state index contributed by atoms with van der Waals surface area (Å²) in [7, 11) is 0. The van der Waals surface area contributed by atoms with E-state index in [4.69, 9.17) is 44.0 Å². The summed E-state index contributed by atoms with van der Waals surface area (Å²) in [6, 6.07) is 0. The van der Waals surface area contributed by atoms with Crippen molar-refractivity contribution in [2.75, 3.05) is 19.8 Å². The fourth-order valence-electron chi connectivity index (χ4n) is 10.5. The Labute approximate surface area is 690 Å². The Morgan fingerprint density at radius 3 is 1.01 bits per heavy atom. The van der Waals surface area contributed by atoms with Gasteiger partial charge >= 0.3 is 67.2 Å². The molecule has 0 N–H and O–H groups in total. The number of alkyl halides is 3. The number of rotatable bonds is 38. The number of carbonyl (C=O) groups excluding carboxylic acids is 10. The Morgan fingerprint density at radius 2 is 0.706 bits per heavy atom. The van der Waals surface area contributed by atoms with Crippen LogP contribution in [0.2, 0.25) is 0 Å². The molecule has 3 atom stereocenters. The zero-order chi connectivity index (χ0) is 90.6.